The van der Waals surface area contributed by atoms with E-state index >= 15 is 0 Å². The number of anilines is 1. The van der Waals surface area contributed by atoms with Crippen molar-refractivity contribution in [2.45, 2.75) is 17.7 Å². The van der Waals surface area contributed by atoms with Gasteiger partial charge in [-0.15, -0.1) is 11.8 Å². The number of aliphatic hydroxyl groups is 1. The maximum Gasteiger partial charge on any atom is 0.321 e. The van der Waals surface area contributed by atoms with Crippen LogP contribution in [0.15, 0.2) is 23.1 Å². The summed E-state index contributed by atoms with van der Waals surface area (Å²) in [6, 6.07) is 3.24. The lowest BCUT2D eigenvalue weighted by molar-refractivity contribution is 0.177. The second-order valence-electron chi connectivity index (χ2n) is 5.06. The van der Waals surface area contributed by atoms with Gasteiger partial charge in [0.1, 0.15) is 5.82 Å². The normalized spacial score (nSPS) is 18.0. The molecule has 2 rings (SSSR count). The van der Waals surface area contributed by atoms with Crippen molar-refractivity contribution >= 4 is 23.5 Å². The molecule has 1 aromatic rings. The first-order valence-corrected chi connectivity index (χ1v) is 7.85. The van der Waals surface area contributed by atoms with E-state index in [-0.39, 0.29) is 18.2 Å². The van der Waals surface area contributed by atoms with Crippen LogP contribution in [0.3, 0.4) is 0 Å². The van der Waals surface area contributed by atoms with Gasteiger partial charge in [-0.2, -0.15) is 0 Å². The SMILES string of the molecule is O=C(Nc1cc(F)ccc1SCC(F)F)N1CCC(CO)C1. The van der Waals surface area contributed by atoms with E-state index in [0.717, 1.165) is 17.8 Å². The molecule has 0 aromatic heterocycles. The molecule has 1 aliphatic heterocycles. The summed E-state index contributed by atoms with van der Waals surface area (Å²) in [6.45, 7) is 0.947. The number of carbonyl (C=O) groups excluding carboxylic acids is 1. The Labute approximate surface area is 130 Å². The molecule has 8 heteroatoms. The summed E-state index contributed by atoms with van der Waals surface area (Å²) in [7, 11) is 0. The molecule has 1 saturated heterocycles. The zero-order valence-electron chi connectivity index (χ0n) is 11.8. The standard InChI is InChI=1S/C14H17F3N2O2S/c15-10-1-2-12(22-8-13(16)17)11(5-10)18-14(21)19-4-3-9(6-19)7-20/h1-2,5,9,13,20H,3-4,6-8H2,(H,18,21). The van der Waals surface area contributed by atoms with Crippen LogP contribution in [0.2, 0.25) is 0 Å². The molecule has 4 nitrogen and oxygen atoms in total. The third-order valence-electron chi connectivity index (χ3n) is 3.38. The second kappa shape index (κ2) is 7.73. The van der Waals surface area contributed by atoms with Crippen LogP contribution in [0, 0.1) is 11.7 Å². The molecule has 1 aromatic carbocycles. The fourth-order valence-corrected chi connectivity index (χ4v) is 2.97. The third-order valence-corrected chi connectivity index (χ3v) is 4.46. The average molecular weight is 334 g/mol. The lowest BCUT2D eigenvalue weighted by atomic mass is 10.1. The largest absolute Gasteiger partial charge is 0.396 e. The van der Waals surface area contributed by atoms with Crippen molar-refractivity contribution in [1.82, 2.24) is 4.90 Å². The quantitative estimate of drug-likeness (QED) is 0.814. The Morgan fingerprint density at radius 2 is 2.27 bits per heavy atom. The van der Waals surface area contributed by atoms with Gasteiger partial charge in [0.2, 0.25) is 6.43 Å². The van der Waals surface area contributed by atoms with E-state index in [1.807, 2.05) is 0 Å². The number of rotatable bonds is 5. The summed E-state index contributed by atoms with van der Waals surface area (Å²) >= 11 is 0.864. The van der Waals surface area contributed by atoms with Gasteiger partial charge >= 0.3 is 6.03 Å². The van der Waals surface area contributed by atoms with Crippen molar-refractivity contribution in [3.05, 3.63) is 24.0 Å². The summed E-state index contributed by atoms with van der Waals surface area (Å²) in [4.78, 5) is 14.0. The number of halogens is 3. The molecule has 0 aliphatic carbocycles. The Morgan fingerprint density at radius 1 is 1.50 bits per heavy atom. The summed E-state index contributed by atoms with van der Waals surface area (Å²) in [5.74, 6) is -0.928. The van der Waals surface area contributed by atoms with Crippen LogP contribution in [-0.4, -0.2) is 47.9 Å². The number of likely N-dealkylation sites (tertiary alicyclic amines) is 1. The average Bonchev–Trinajstić information content (AvgIpc) is 2.95. The van der Waals surface area contributed by atoms with Crippen LogP contribution in [0.25, 0.3) is 0 Å². The van der Waals surface area contributed by atoms with Crippen molar-refractivity contribution in [3.63, 3.8) is 0 Å². The van der Waals surface area contributed by atoms with Crippen LogP contribution in [0.4, 0.5) is 23.7 Å². The Bertz CT molecular complexity index is 531. The van der Waals surface area contributed by atoms with Gasteiger partial charge in [0.25, 0.3) is 0 Å². The number of benzene rings is 1. The fraction of sp³-hybridized carbons (Fsp3) is 0.500. The third kappa shape index (κ3) is 4.54. The van der Waals surface area contributed by atoms with Crippen molar-refractivity contribution in [3.8, 4) is 0 Å². The number of carbonyl (C=O) groups is 1. The number of urea groups is 1. The highest BCUT2D eigenvalue weighted by atomic mass is 32.2. The summed E-state index contributed by atoms with van der Waals surface area (Å²) in [6.07, 6.45) is -1.78. The van der Waals surface area contributed by atoms with E-state index in [2.05, 4.69) is 5.32 Å². The smallest absolute Gasteiger partial charge is 0.321 e. The topological polar surface area (TPSA) is 52.6 Å². The molecule has 0 bridgehead atoms. The van der Waals surface area contributed by atoms with Gasteiger partial charge in [-0.05, 0) is 24.6 Å². The number of nitrogens with zero attached hydrogens (tertiary/aromatic N) is 1. The first-order valence-electron chi connectivity index (χ1n) is 6.87. The zero-order chi connectivity index (χ0) is 16.1. The first-order chi connectivity index (χ1) is 10.5. The Kier molecular flexibility index (Phi) is 5.96. The minimum atomic E-state index is -2.48. The summed E-state index contributed by atoms with van der Waals surface area (Å²) in [5.41, 5.74) is 0.183. The van der Waals surface area contributed by atoms with Gasteiger partial charge in [-0.25, -0.2) is 18.0 Å². The van der Waals surface area contributed by atoms with Gasteiger partial charge in [0, 0.05) is 30.5 Å². The van der Waals surface area contributed by atoms with Crippen LogP contribution in [-0.2, 0) is 0 Å². The molecule has 0 spiro atoms. The predicted octanol–water partition coefficient (Wildman–Crippen LogP) is 3.03. The van der Waals surface area contributed by atoms with Crippen LogP contribution >= 0.6 is 11.8 Å². The molecule has 2 N–H and O–H groups in total. The lowest BCUT2D eigenvalue weighted by Crippen LogP contribution is -2.33. The minimum Gasteiger partial charge on any atom is -0.396 e. The molecule has 1 atom stereocenters. The van der Waals surface area contributed by atoms with Crippen molar-refractivity contribution < 1.29 is 23.1 Å². The van der Waals surface area contributed by atoms with Gasteiger partial charge in [0.15, 0.2) is 0 Å². The number of amides is 2. The van der Waals surface area contributed by atoms with Gasteiger partial charge in [-0.3, -0.25) is 0 Å². The highest BCUT2D eigenvalue weighted by Gasteiger charge is 2.26. The summed E-state index contributed by atoms with van der Waals surface area (Å²) in [5, 5.41) is 11.6. The van der Waals surface area contributed by atoms with Crippen LogP contribution < -0.4 is 5.32 Å². The Balaban J connectivity index is 2.04. The van der Waals surface area contributed by atoms with E-state index in [9.17, 15) is 18.0 Å². The minimum absolute atomic E-state index is 0.0131. The highest BCUT2D eigenvalue weighted by Crippen LogP contribution is 2.30. The monoisotopic (exact) mass is 334 g/mol. The second-order valence-corrected chi connectivity index (χ2v) is 6.12. The molecule has 0 radical (unpaired) electrons. The first kappa shape index (κ1) is 17.0. The molecule has 0 saturated carbocycles. The maximum absolute atomic E-state index is 13.3. The van der Waals surface area contributed by atoms with Crippen molar-refractivity contribution in [2.75, 3.05) is 30.8 Å². The molecule has 1 heterocycles. The van der Waals surface area contributed by atoms with Gasteiger partial charge < -0.3 is 15.3 Å². The van der Waals surface area contributed by atoms with Gasteiger partial charge in [-0.1, -0.05) is 0 Å². The Morgan fingerprint density at radius 3 is 2.91 bits per heavy atom. The molecule has 22 heavy (non-hydrogen) atoms. The number of thioether (sulfide) groups is 1. The number of hydrogen-bond donors (Lipinski definition) is 2. The highest BCUT2D eigenvalue weighted by molar-refractivity contribution is 7.99. The molecule has 1 aliphatic rings. The van der Waals surface area contributed by atoms with E-state index in [4.69, 9.17) is 5.11 Å². The fourth-order valence-electron chi connectivity index (χ4n) is 2.24. The van der Waals surface area contributed by atoms with Crippen molar-refractivity contribution in [1.29, 1.82) is 0 Å². The zero-order valence-corrected chi connectivity index (χ0v) is 12.6. The molecule has 2 amide bonds. The van der Waals surface area contributed by atoms with Crippen LogP contribution in [0.1, 0.15) is 6.42 Å². The lowest BCUT2D eigenvalue weighted by Gasteiger charge is -2.18. The number of aliphatic hydroxyl groups excluding tert-OH is 1. The van der Waals surface area contributed by atoms with Gasteiger partial charge in [0.05, 0.1) is 11.4 Å². The predicted molar refractivity (Wildman–Crippen MR) is 78.9 cm³/mol. The molecule has 1 fully saturated rings. The molecule has 122 valence electrons. The number of alkyl halides is 2. The van der Waals surface area contributed by atoms with E-state index in [0.29, 0.717) is 24.4 Å². The number of nitrogens with one attached hydrogen (secondary N) is 1. The Hall–Kier alpha value is -1.41. The van der Waals surface area contributed by atoms with Crippen molar-refractivity contribution in [2.24, 2.45) is 5.92 Å². The molecular weight excluding hydrogens is 317 g/mol. The van der Waals surface area contributed by atoms with E-state index in [1.165, 1.54) is 17.0 Å². The van der Waals surface area contributed by atoms with E-state index < -0.39 is 24.0 Å². The molecular formula is C14H17F3N2O2S. The van der Waals surface area contributed by atoms with Crippen LogP contribution in [0.5, 0.6) is 0 Å². The maximum atomic E-state index is 13.3. The summed E-state index contributed by atoms with van der Waals surface area (Å²) < 4.78 is 37.9. The molecule has 1 unspecified atom stereocenters. The number of hydrogen-bond acceptors (Lipinski definition) is 3. The van der Waals surface area contributed by atoms with E-state index in [1.54, 1.807) is 0 Å².